The Morgan fingerprint density at radius 2 is 1.90 bits per heavy atom. The lowest BCUT2D eigenvalue weighted by molar-refractivity contribution is 0.130. The molecule has 226 valence electrons. The van der Waals surface area contributed by atoms with Gasteiger partial charge in [-0.05, 0) is 88.9 Å². The first kappa shape index (κ1) is 30.5. The van der Waals surface area contributed by atoms with E-state index in [1.807, 2.05) is 0 Å². The topological polar surface area (TPSA) is 106 Å². The molecule has 2 N–H and O–H groups in total. The highest BCUT2D eigenvalue weighted by Crippen LogP contribution is 2.46. The van der Waals surface area contributed by atoms with Gasteiger partial charge in [0.05, 0.1) is 34.3 Å². The van der Waals surface area contributed by atoms with Gasteiger partial charge in [0, 0.05) is 25.6 Å². The molecule has 0 unspecified atom stereocenters. The number of anilines is 4. The van der Waals surface area contributed by atoms with Crippen molar-refractivity contribution >= 4 is 44.6 Å². The largest absolute Gasteiger partial charge is 0.488 e. The number of piperidine rings is 1. The van der Waals surface area contributed by atoms with Crippen LogP contribution in [0, 0.1) is 6.92 Å². The van der Waals surface area contributed by atoms with Gasteiger partial charge in [-0.2, -0.15) is 4.98 Å². The normalized spacial score (nSPS) is 17.7. The molecular formula is C31H40ClN5O4S. The Morgan fingerprint density at radius 1 is 1.17 bits per heavy atom. The number of sulfone groups is 1. The number of ether oxygens (including phenoxy) is 2. The number of para-hydroxylation sites is 1. The van der Waals surface area contributed by atoms with E-state index < -0.39 is 15.1 Å². The van der Waals surface area contributed by atoms with Crippen LogP contribution in [0.3, 0.4) is 0 Å². The highest BCUT2D eigenvalue weighted by molar-refractivity contribution is 7.92. The monoisotopic (exact) mass is 613 g/mol. The van der Waals surface area contributed by atoms with Gasteiger partial charge in [-0.25, -0.2) is 13.4 Å². The third-order valence-corrected chi connectivity index (χ3v) is 10.6. The molecule has 1 saturated heterocycles. The number of aryl methyl sites for hydroxylation is 1. The molecule has 1 aromatic heterocycles. The highest BCUT2D eigenvalue weighted by Gasteiger charge is 2.32. The molecule has 1 atom stereocenters. The van der Waals surface area contributed by atoms with E-state index in [2.05, 4.69) is 45.4 Å². The summed E-state index contributed by atoms with van der Waals surface area (Å²) in [7, 11) is -1.77. The van der Waals surface area contributed by atoms with Crippen LogP contribution in [0.15, 0.2) is 41.4 Å². The number of benzene rings is 2. The Bertz CT molecular complexity index is 1540. The summed E-state index contributed by atoms with van der Waals surface area (Å²) in [6.45, 7) is 11.4. The summed E-state index contributed by atoms with van der Waals surface area (Å²) < 4.78 is 37.5. The van der Waals surface area contributed by atoms with E-state index in [0.29, 0.717) is 23.4 Å². The van der Waals surface area contributed by atoms with Crippen LogP contribution in [-0.4, -0.2) is 68.0 Å². The summed E-state index contributed by atoms with van der Waals surface area (Å²) >= 11 is 6.46. The number of nitrogens with zero attached hydrogens (tertiary/aromatic N) is 3. The molecule has 9 nitrogen and oxygen atoms in total. The van der Waals surface area contributed by atoms with Gasteiger partial charge in [0.2, 0.25) is 5.95 Å². The number of methoxy groups -OCH3 is 1. The maximum Gasteiger partial charge on any atom is 0.229 e. The first-order valence-electron chi connectivity index (χ1n) is 14.5. The molecule has 0 spiro atoms. The minimum atomic E-state index is -3.53. The third kappa shape index (κ3) is 6.37. The second kappa shape index (κ2) is 12.8. The SMILES string of the molecule is COCCN1CCC(c2c(C)cc(Nc3ncc(Cl)c(Nc4ccccc4S(=O)(=O)C(C)C)n3)c3c2C[C@H](C)O3)CC1. The van der Waals surface area contributed by atoms with E-state index in [9.17, 15) is 8.42 Å². The first-order valence-corrected chi connectivity index (χ1v) is 16.4. The molecule has 0 bridgehead atoms. The summed E-state index contributed by atoms with van der Waals surface area (Å²) in [6, 6.07) is 8.88. The predicted octanol–water partition coefficient (Wildman–Crippen LogP) is 6.26. The minimum absolute atomic E-state index is 0.0747. The Balaban J connectivity index is 1.41. The Morgan fingerprint density at radius 3 is 2.62 bits per heavy atom. The van der Waals surface area contributed by atoms with Gasteiger partial charge in [-0.3, -0.25) is 0 Å². The number of likely N-dealkylation sites (tertiary alicyclic amines) is 1. The Labute approximate surface area is 253 Å². The maximum absolute atomic E-state index is 13.0. The van der Waals surface area contributed by atoms with Crippen molar-refractivity contribution in [3.8, 4) is 5.75 Å². The number of halogens is 1. The van der Waals surface area contributed by atoms with Crippen molar-refractivity contribution in [2.45, 2.75) is 69.1 Å². The first-order chi connectivity index (χ1) is 20.1. The van der Waals surface area contributed by atoms with Crippen LogP contribution in [0.1, 0.15) is 56.2 Å². The molecule has 2 aliphatic rings. The molecule has 2 aliphatic heterocycles. The molecule has 0 saturated carbocycles. The van der Waals surface area contributed by atoms with Crippen molar-refractivity contribution in [3.05, 3.63) is 58.2 Å². The average molecular weight is 614 g/mol. The highest BCUT2D eigenvalue weighted by atomic mass is 35.5. The van der Waals surface area contributed by atoms with Crippen LogP contribution in [0.25, 0.3) is 0 Å². The lowest BCUT2D eigenvalue weighted by Gasteiger charge is -2.33. The molecule has 0 radical (unpaired) electrons. The third-order valence-electron chi connectivity index (χ3n) is 8.11. The van der Waals surface area contributed by atoms with Crippen LogP contribution < -0.4 is 15.4 Å². The van der Waals surface area contributed by atoms with Gasteiger partial charge in [0.1, 0.15) is 16.9 Å². The molecule has 42 heavy (non-hydrogen) atoms. The fourth-order valence-electron chi connectivity index (χ4n) is 5.91. The van der Waals surface area contributed by atoms with Crippen molar-refractivity contribution in [1.29, 1.82) is 0 Å². The van der Waals surface area contributed by atoms with Gasteiger partial charge in [0.15, 0.2) is 15.7 Å². The van der Waals surface area contributed by atoms with Gasteiger partial charge in [-0.15, -0.1) is 0 Å². The van der Waals surface area contributed by atoms with Crippen LogP contribution in [-0.2, 0) is 21.0 Å². The van der Waals surface area contributed by atoms with Crippen molar-refractivity contribution in [3.63, 3.8) is 0 Å². The second-order valence-corrected chi connectivity index (χ2v) is 14.3. The average Bonchev–Trinajstić information content (AvgIpc) is 3.35. The maximum atomic E-state index is 13.0. The van der Waals surface area contributed by atoms with Crippen molar-refractivity contribution in [2.75, 3.05) is 44.0 Å². The Hall–Kier alpha value is -2.92. The van der Waals surface area contributed by atoms with Crippen LogP contribution in [0.4, 0.5) is 23.1 Å². The van der Waals surface area contributed by atoms with Gasteiger partial charge in [-0.1, -0.05) is 23.7 Å². The van der Waals surface area contributed by atoms with Crippen LogP contribution >= 0.6 is 11.6 Å². The van der Waals surface area contributed by atoms with Gasteiger partial charge < -0.3 is 25.0 Å². The molecule has 0 aliphatic carbocycles. The standard InChI is InChI=1S/C31H40ClN5O4S/c1-19(2)42(38,39)27-9-7-6-8-25(27)34-30-24(32)18-33-31(36-30)35-26-16-20(3)28(23-17-21(4)41-29(23)26)22-10-12-37(13-11-22)14-15-40-5/h6-9,16,18-19,21-22H,10-15,17H2,1-5H3,(H2,33,34,35,36)/t21-/m0/s1. The van der Waals surface area contributed by atoms with Gasteiger partial charge >= 0.3 is 0 Å². The fraction of sp³-hybridized carbons (Fsp3) is 0.484. The zero-order valence-corrected chi connectivity index (χ0v) is 26.5. The summed E-state index contributed by atoms with van der Waals surface area (Å²) in [6.07, 6.45) is 4.66. The lowest BCUT2D eigenvalue weighted by Crippen LogP contribution is -2.35. The molecule has 3 heterocycles. The molecule has 3 aromatic rings. The number of rotatable bonds is 10. The molecule has 11 heteroatoms. The minimum Gasteiger partial charge on any atom is -0.488 e. The molecule has 0 amide bonds. The second-order valence-electron chi connectivity index (χ2n) is 11.4. The number of fused-ring (bicyclic) bond motifs is 1. The van der Waals surface area contributed by atoms with Gasteiger partial charge in [0.25, 0.3) is 0 Å². The van der Waals surface area contributed by atoms with E-state index in [0.717, 1.165) is 56.9 Å². The molecule has 5 rings (SSSR count). The Kier molecular flexibility index (Phi) is 9.27. The summed E-state index contributed by atoms with van der Waals surface area (Å²) in [5, 5.41) is 6.18. The van der Waals surface area contributed by atoms with Crippen molar-refractivity contribution in [1.82, 2.24) is 14.9 Å². The number of hydrogen-bond acceptors (Lipinski definition) is 9. The number of hydrogen-bond donors (Lipinski definition) is 2. The quantitative estimate of drug-likeness (QED) is 0.274. The fourth-order valence-corrected chi connectivity index (χ4v) is 7.25. The van der Waals surface area contributed by atoms with Crippen LogP contribution in [0.5, 0.6) is 5.75 Å². The van der Waals surface area contributed by atoms with E-state index in [1.54, 1.807) is 45.2 Å². The number of aromatic nitrogens is 2. The zero-order chi connectivity index (χ0) is 30.0. The van der Waals surface area contributed by atoms with E-state index >= 15 is 0 Å². The number of nitrogens with one attached hydrogen (secondary N) is 2. The smallest absolute Gasteiger partial charge is 0.229 e. The molecule has 1 fully saturated rings. The van der Waals surface area contributed by atoms with E-state index in [1.165, 1.54) is 22.9 Å². The predicted molar refractivity (Wildman–Crippen MR) is 168 cm³/mol. The molecular weight excluding hydrogens is 574 g/mol. The van der Waals surface area contributed by atoms with Crippen molar-refractivity contribution < 1.29 is 17.9 Å². The summed E-state index contributed by atoms with van der Waals surface area (Å²) in [4.78, 5) is 11.7. The zero-order valence-electron chi connectivity index (χ0n) is 24.9. The molecule has 2 aromatic carbocycles. The lowest BCUT2D eigenvalue weighted by atomic mass is 9.82. The summed E-state index contributed by atoms with van der Waals surface area (Å²) in [5.41, 5.74) is 5.12. The van der Waals surface area contributed by atoms with Crippen LogP contribution in [0.2, 0.25) is 5.02 Å². The van der Waals surface area contributed by atoms with Crippen molar-refractivity contribution in [2.24, 2.45) is 0 Å². The summed E-state index contributed by atoms with van der Waals surface area (Å²) in [5.74, 6) is 1.98. The van der Waals surface area contributed by atoms with E-state index in [4.69, 9.17) is 21.1 Å². The van der Waals surface area contributed by atoms with E-state index in [-0.39, 0.29) is 16.0 Å².